The zero-order chi connectivity index (χ0) is 40.4. The quantitative estimate of drug-likeness (QED) is 0.0997. The van der Waals surface area contributed by atoms with Gasteiger partial charge < -0.3 is 24.3 Å². The Morgan fingerprint density at radius 3 is 1.52 bits per heavy atom. The number of hydrogen-bond donors (Lipinski definition) is 1. The first-order chi connectivity index (χ1) is 26.9. The lowest BCUT2D eigenvalue weighted by molar-refractivity contribution is 0.0511. The lowest BCUT2D eigenvalue weighted by atomic mass is 10.1. The molecule has 56 heavy (non-hydrogen) atoms. The number of nitrogens with zero attached hydrogens (tertiary/aromatic N) is 5. The van der Waals surface area contributed by atoms with Gasteiger partial charge >= 0.3 is 11.9 Å². The van der Waals surface area contributed by atoms with Gasteiger partial charge in [0, 0.05) is 10.0 Å². The van der Waals surface area contributed by atoms with Crippen LogP contribution in [0.15, 0.2) is 110 Å². The van der Waals surface area contributed by atoms with E-state index in [1.807, 2.05) is 60.7 Å². The van der Waals surface area contributed by atoms with Crippen molar-refractivity contribution in [3.8, 4) is 0 Å². The molecule has 0 unspecified atom stereocenters. The summed E-state index contributed by atoms with van der Waals surface area (Å²) in [5.74, 6) is -2.74. The maximum Gasteiger partial charge on any atom is 0.360 e. The summed E-state index contributed by atoms with van der Waals surface area (Å²) >= 11 is 24.8. The lowest BCUT2D eigenvalue weighted by Crippen LogP contribution is -2.40. The van der Waals surface area contributed by atoms with Crippen LogP contribution < -0.4 is 10.6 Å². The molecule has 0 saturated heterocycles. The summed E-state index contributed by atoms with van der Waals surface area (Å²) in [7, 11) is 0. The van der Waals surface area contributed by atoms with Crippen LogP contribution in [-0.4, -0.2) is 56.1 Å². The van der Waals surface area contributed by atoms with Crippen molar-refractivity contribution >= 4 is 81.8 Å². The molecule has 0 fully saturated rings. The van der Waals surface area contributed by atoms with Crippen molar-refractivity contribution in [1.29, 1.82) is 0 Å². The van der Waals surface area contributed by atoms with Gasteiger partial charge in [-0.2, -0.15) is 0 Å². The molecule has 0 spiro atoms. The van der Waals surface area contributed by atoms with Gasteiger partial charge in [0.2, 0.25) is 0 Å². The highest BCUT2D eigenvalue weighted by Crippen LogP contribution is 2.31. The number of amides is 2. The summed E-state index contributed by atoms with van der Waals surface area (Å²) in [5.41, 5.74) is 7.68. The lowest BCUT2D eigenvalue weighted by Gasteiger charge is -2.24. The SMILES string of the molecule is CCOC(=O)c1ncn(Cc2ccccc2)c1N.CCOC(=O)c1ncn(Cc2ccccc2)c1N(C(=O)c1ccc(Cl)cc1Cl)C(=O)c1ccc(Cl)cc1Cl. The largest absolute Gasteiger partial charge is 0.461 e. The van der Waals surface area contributed by atoms with Crippen molar-refractivity contribution in [3.05, 3.63) is 163 Å². The predicted molar refractivity (Wildman–Crippen MR) is 216 cm³/mol. The summed E-state index contributed by atoms with van der Waals surface area (Å²) in [6, 6.07) is 27.5. The van der Waals surface area contributed by atoms with E-state index in [-0.39, 0.29) is 51.5 Å². The molecule has 2 N–H and O–H groups in total. The number of carbonyl (C=O) groups is 4. The first-order valence-electron chi connectivity index (χ1n) is 17.0. The molecule has 2 aromatic heterocycles. The summed E-state index contributed by atoms with van der Waals surface area (Å²) in [6.45, 7) is 4.51. The van der Waals surface area contributed by atoms with Crippen LogP contribution in [0, 0.1) is 0 Å². The molecule has 6 rings (SSSR count). The molecule has 0 radical (unpaired) electrons. The van der Waals surface area contributed by atoms with Crippen molar-refractivity contribution in [1.82, 2.24) is 19.1 Å². The zero-order valence-electron chi connectivity index (χ0n) is 30.0. The number of nitrogens with two attached hydrogens (primary N) is 1. The second-order valence-corrected chi connectivity index (χ2v) is 13.4. The number of imidazole rings is 2. The van der Waals surface area contributed by atoms with Crippen LogP contribution in [0.3, 0.4) is 0 Å². The fourth-order valence-corrected chi connectivity index (χ4v) is 6.33. The van der Waals surface area contributed by atoms with Crippen LogP contribution in [0.5, 0.6) is 0 Å². The average Bonchev–Trinajstić information content (AvgIpc) is 3.75. The second kappa shape index (κ2) is 19.3. The normalized spacial score (nSPS) is 10.6. The minimum atomic E-state index is -0.831. The number of rotatable bonds is 11. The van der Waals surface area contributed by atoms with Crippen LogP contribution >= 0.6 is 46.4 Å². The van der Waals surface area contributed by atoms with Gasteiger partial charge in [-0.05, 0) is 61.4 Å². The standard InChI is InChI=1S/C27H19Cl4N3O4.C13H15N3O2/c1-2-38-27(37)23-24(33(15-32-23)14-16-6-4-3-5-7-16)34(25(35)19-10-8-17(28)12-21(19)30)26(36)20-11-9-18(29)13-22(20)31;1-2-18-13(17)11-12(14)16(9-15-11)8-10-6-4-3-5-7-10/h3-13,15H,2,14H2,1H3;3-7,9H,2,8,14H2,1H3. The molecule has 288 valence electrons. The minimum Gasteiger partial charge on any atom is -0.461 e. The van der Waals surface area contributed by atoms with E-state index < -0.39 is 23.8 Å². The molecular formula is C40H34Cl4N6O6. The van der Waals surface area contributed by atoms with Gasteiger partial charge in [-0.25, -0.2) is 24.5 Å². The number of anilines is 2. The van der Waals surface area contributed by atoms with E-state index in [4.69, 9.17) is 61.6 Å². The number of ether oxygens (including phenoxy) is 2. The number of carbonyl (C=O) groups excluding carboxylic acids is 4. The minimum absolute atomic E-state index is 0.00862. The fraction of sp³-hybridized carbons (Fsp3) is 0.150. The van der Waals surface area contributed by atoms with Gasteiger partial charge in [0.1, 0.15) is 5.82 Å². The number of benzene rings is 4. The number of hydrogen-bond acceptors (Lipinski definition) is 9. The first-order valence-corrected chi connectivity index (χ1v) is 18.5. The Kier molecular flexibility index (Phi) is 14.3. The smallest absolute Gasteiger partial charge is 0.360 e. The predicted octanol–water partition coefficient (Wildman–Crippen LogP) is 8.90. The van der Waals surface area contributed by atoms with Crippen LogP contribution in [0.25, 0.3) is 0 Å². The van der Waals surface area contributed by atoms with Crippen molar-refractivity contribution in [2.75, 3.05) is 23.8 Å². The van der Waals surface area contributed by atoms with E-state index in [1.165, 1.54) is 47.3 Å². The molecule has 0 bridgehead atoms. The Morgan fingerprint density at radius 2 is 1.05 bits per heavy atom. The summed E-state index contributed by atoms with van der Waals surface area (Å²) in [5, 5.41) is 0.613. The van der Waals surface area contributed by atoms with Gasteiger partial charge in [0.25, 0.3) is 11.8 Å². The number of esters is 2. The Morgan fingerprint density at radius 1 is 0.625 bits per heavy atom. The van der Waals surface area contributed by atoms with E-state index in [0.29, 0.717) is 29.0 Å². The number of nitrogen functional groups attached to an aromatic ring is 1. The maximum atomic E-state index is 14.0. The Balaban J connectivity index is 0.000000278. The molecular weight excluding hydrogens is 802 g/mol. The molecule has 16 heteroatoms. The van der Waals surface area contributed by atoms with Gasteiger partial charge in [-0.3, -0.25) is 9.59 Å². The van der Waals surface area contributed by atoms with Crippen LogP contribution in [0.4, 0.5) is 11.6 Å². The van der Waals surface area contributed by atoms with Crippen LogP contribution in [0.2, 0.25) is 20.1 Å². The highest BCUT2D eigenvalue weighted by molar-refractivity contribution is 6.41. The third-order valence-electron chi connectivity index (χ3n) is 7.96. The molecule has 2 amide bonds. The van der Waals surface area contributed by atoms with Crippen molar-refractivity contribution in [2.24, 2.45) is 0 Å². The molecule has 0 aliphatic carbocycles. The Labute approximate surface area is 342 Å². The summed E-state index contributed by atoms with van der Waals surface area (Å²) < 4.78 is 13.3. The molecule has 6 aromatic rings. The van der Waals surface area contributed by atoms with E-state index in [1.54, 1.807) is 24.7 Å². The third-order valence-corrected chi connectivity index (χ3v) is 9.05. The highest BCUT2D eigenvalue weighted by atomic mass is 35.5. The van der Waals surface area contributed by atoms with Gasteiger partial charge in [-0.1, -0.05) is 107 Å². The van der Waals surface area contributed by atoms with Gasteiger partial charge in [0.15, 0.2) is 17.2 Å². The van der Waals surface area contributed by atoms with E-state index in [2.05, 4.69) is 9.97 Å². The monoisotopic (exact) mass is 834 g/mol. The van der Waals surface area contributed by atoms with Crippen molar-refractivity contribution < 1.29 is 28.7 Å². The second-order valence-electron chi connectivity index (χ2n) is 11.8. The topological polar surface area (TPSA) is 152 Å². The summed E-state index contributed by atoms with van der Waals surface area (Å²) in [4.78, 5) is 61.6. The third kappa shape index (κ3) is 9.95. The van der Waals surface area contributed by atoms with Crippen LogP contribution in [-0.2, 0) is 22.6 Å². The van der Waals surface area contributed by atoms with E-state index >= 15 is 0 Å². The van der Waals surface area contributed by atoms with Crippen LogP contribution in [0.1, 0.15) is 66.7 Å². The van der Waals surface area contributed by atoms with Crippen molar-refractivity contribution in [3.63, 3.8) is 0 Å². The highest BCUT2D eigenvalue weighted by Gasteiger charge is 2.36. The Bertz CT molecular complexity index is 2290. The van der Waals surface area contributed by atoms with Gasteiger partial charge in [-0.15, -0.1) is 0 Å². The molecule has 4 aromatic carbocycles. The maximum absolute atomic E-state index is 14.0. The molecule has 0 saturated carbocycles. The average molecular weight is 837 g/mol. The molecule has 0 atom stereocenters. The van der Waals surface area contributed by atoms with Gasteiger partial charge in [0.05, 0.1) is 60.1 Å². The molecule has 2 heterocycles. The molecule has 12 nitrogen and oxygen atoms in total. The first kappa shape index (κ1) is 41.5. The number of imide groups is 1. The number of halogens is 4. The Hall–Kier alpha value is -5.66. The molecule has 0 aliphatic heterocycles. The zero-order valence-corrected chi connectivity index (χ0v) is 33.0. The summed E-state index contributed by atoms with van der Waals surface area (Å²) in [6.07, 6.45) is 2.91. The van der Waals surface area contributed by atoms with Crippen molar-refractivity contribution in [2.45, 2.75) is 26.9 Å². The van der Waals surface area contributed by atoms with E-state index in [9.17, 15) is 19.2 Å². The van der Waals surface area contributed by atoms with E-state index in [0.717, 1.165) is 16.0 Å². The molecule has 0 aliphatic rings. The fourth-order valence-electron chi connectivity index (χ4n) is 5.36. The number of aromatic nitrogens is 4.